The molecule has 1 aromatic heterocycles. The van der Waals surface area contributed by atoms with E-state index in [9.17, 15) is 18.5 Å². The van der Waals surface area contributed by atoms with E-state index in [1.54, 1.807) is 37.3 Å². The van der Waals surface area contributed by atoms with Crippen LogP contribution >= 0.6 is 0 Å². The summed E-state index contributed by atoms with van der Waals surface area (Å²) in [7, 11) is -3.65. The highest BCUT2D eigenvalue weighted by Gasteiger charge is 2.27. The summed E-state index contributed by atoms with van der Waals surface area (Å²) in [6.07, 6.45) is 0.830. The summed E-state index contributed by atoms with van der Waals surface area (Å²) in [5, 5.41) is 11.4. The lowest BCUT2D eigenvalue weighted by atomic mass is 10.2. The molecule has 1 saturated heterocycles. The maximum absolute atomic E-state index is 13.0. The number of hydrogen-bond donors (Lipinski definition) is 0. The number of morpholine rings is 1. The summed E-state index contributed by atoms with van der Waals surface area (Å²) < 4.78 is 40.5. The molecule has 0 N–H and O–H groups in total. The van der Waals surface area contributed by atoms with Crippen LogP contribution in [0.25, 0.3) is 11.0 Å². The van der Waals surface area contributed by atoms with Crippen molar-refractivity contribution in [1.82, 2.24) is 13.9 Å². The first-order valence-electron chi connectivity index (χ1n) is 10.8. The number of sulfonamides is 1. The minimum atomic E-state index is -3.65. The van der Waals surface area contributed by atoms with Crippen molar-refractivity contribution in [2.75, 3.05) is 26.3 Å². The Bertz CT molecular complexity index is 1280. The Balaban J connectivity index is 1.66. The predicted octanol–water partition coefficient (Wildman–Crippen LogP) is 3.26. The van der Waals surface area contributed by atoms with Gasteiger partial charge in [-0.3, -0.25) is 10.1 Å². The minimum absolute atomic E-state index is 0.0180. The molecule has 0 aliphatic carbocycles. The largest absolute Gasteiger partial charge is 0.479 e. The average molecular weight is 475 g/mol. The monoisotopic (exact) mass is 474 g/mol. The van der Waals surface area contributed by atoms with Crippen LogP contribution in [-0.2, 0) is 27.9 Å². The van der Waals surface area contributed by atoms with Gasteiger partial charge in [0.25, 0.3) is 0 Å². The van der Waals surface area contributed by atoms with Crippen LogP contribution in [0.4, 0.5) is 5.69 Å². The molecule has 4 rings (SSSR count). The van der Waals surface area contributed by atoms with Crippen molar-refractivity contribution < 1.29 is 22.8 Å². The molecular formula is C22H26N4O6S. The SMILES string of the molecule is CCCn1c(COc2ccc(C)cc2[N+](=O)[O-])nc2cc(S(=O)(=O)N3CCOCC3)ccc21. The van der Waals surface area contributed by atoms with Gasteiger partial charge in [-0.2, -0.15) is 4.31 Å². The fourth-order valence-electron chi connectivity index (χ4n) is 3.87. The fraction of sp³-hybridized carbons (Fsp3) is 0.409. The summed E-state index contributed by atoms with van der Waals surface area (Å²) in [6, 6.07) is 9.71. The van der Waals surface area contributed by atoms with E-state index in [4.69, 9.17) is 9.47 Å². The van der Waals surface area contributed by atoms with Crippen LogP contribution < -0.4 is 4.74 Å². The first-order valence-corrected chi connectivity index (χ1v) is 12.2. The van der Waals surface area contributed by atoms with Gasteiger partial charge < -0.3 is 14.0 Å². The van der Waals surface area contributed by atoms with Crippen LogP contribution in [0.3, 0.4) is 0 Å². The standard InChI is InChI=1S/C22H26N4O6S/c1-3-8-25-19-6-5-17(33(29,30)24-9-11-31-12-10-24)14-18(19)23-22(25)15-32-21-7-4-16(2)13-20(21)26(27)28/h4-7,13-14H,3,8-12,15H2,1-2H3. The van der Waals surface area contributed by atoms with Crippen molar-refractivity contribution >= 4 is 26.7 Å². The van der Waals surface area contributed by atoms with Gasteiger partial charge in [0.1, 0.15) is 12.4 Å². The maximum Gasteiger partial charge on any atom is 0.311 e. The highest BCUT2D eigenvalue weighted by molar-refractivity contribution is 7.89. The van der Waals surface area contributed by atoms with Crippen molar-refractivity contribution in [3.8, 4) is 5.75 Å². The topological polar surface area (TPSA) is 117 Å². The Kier molecular flexibility index (Phi) is 6.63. The molecule has 0 amide bonds. The smallest absolute Gasteiger partial charge is 0.311 e. The van der Waals surface area contributed by atoms with Crippen molar-refractivity contribution in [2.45, 2.75) is 38.3 Å². The van der Waals surface area contributed by atoms with E-state index >= 15 is 0 Å². The average Bonchev–Trinajstić information content (AvgIpc) is 3.15. The number of ether oxygens (including phenoxy) is 2. The van der Waals surface area contributed by atoms with Gasteiger partial charge in [-0.05, 0) is 43.2 Å². The van der Waals surface area contributed by atoms with Crippen LogP contribution in [0.5, 0.6) is 5.75 Å². The number of nitro benzene ring substituents is 1. The van der Waals surface area contributed by atoms with Gasteiger partial charge in [-0.1, -0.05) is 13.0 Å². The predicted molar refractivity (Wildman–Crippen MR) is 122 cm³/mol. The van der Waals surface area contributed by atoms with Crippen molar-refractivity contribution in [3.63, 3.8) is 0 Å². The van der Waals surface area contributed by atoms with Crippen molar-refractivity contribution in [2.24, 2.45) is 0 Å². The van der Waals surface area contributed by atoms with Crippen LogP contribution in [-0.4, -0.2) is 53.5 Å². The van der Waals surface area contributed by atoms with Crippen LogP contribution in [0, 0.1) is 17.0 Å². The zero-order valence-electron chi connectivity index (χ0n) is 18.6. The second-order valence-electron chi connectivity index (χ2n) is 7.86. The normalized spacial score (nSPS) is 15.1. The highest BCUT2D eigenvalue weighted by atomic mass is 32.2. The van der Waals surface area contributed by atoms with Gasteiger partial charge in [0.15, 0.2) is 5.75 Å². The summed E-state index contributed by atoms with van der Waals surface area (Å²) in [5.41, 5.74) is 1.98. The number of hydrogen-bond acceptors (Lipinski definition) is 7. The molecule has 0 saturated carbocycles. The molecule has 176 valence electrons. The molecular weight excluding hydrogens is 448 g/mol. The van der Waals surface area contributed by atoms with Gasteiger partial charge in [0.2, 0.25) is 10.0 Å². The van der Waals surface area contributed by atoms with Gasteiger partial charge in [-0.15, -0.1) is 0 Å². The number of rotatable bonds is 8. The van der Waals surface area contributed by atoms with Crippen LogP contribution in [0.1, 0.15) is 24.7 Å². The van der Waals surface area contributed by atoms with E-state index in [0.717, 1.165) is 17.5 Å². The number of aryl methyl sites for hydroxylation is 2. The quantitative estimate of drug-likeness (QED) is 0.363. The number of benzene rings is 2. The van der Waals surface area contributed by atoms with Crippen LogP contribution in [0.2, 0.25) is 0 Å². The second kappa shape index (κ2) is 9.46. The Morgan fingerprint density at radius 2 is 1.94 bits per heavy atom. The molecule has 0 atom stereocenters. The molecule has 2 heterocycles. The van der Waals surface area contributed by atoms with E-state index in [1.165, 1.54) is 10.4 Å². The molecule has 1 fully saturated rings. The molecule has 0 spiro atoms. The summed E-state index contributed by atoms with van der Waals surface area (Å²) in [4.78, 5) is 15.7. The van der Waals surface area contributed by atoms with E-state index in [1.807, 2.05) is 11.5 Å². The van der Waals surface area contributed by atoms with E-state index in [0.29, 0.717) is 44.2 Å². The third-order valence-electron chi connectivity index (χ3n) is 5.52. The summed E-state index contributed by atoms with van der Waals surface area (Å²) in [5.74, 6) is 0.735. The summed E-state index contributed by atoms with van der Waals surface area (Å²) >= 11 is 0. The lowest BCUT2D eigenvalue weighted by molar-refractivity contribution is -0.386. The zero-order valence-corrected chi connectivity index (χ0v) is 19.4. The lowest BCUT2D eigenvalue weighted by Gasteiger charge is -2.26. The minimum Gasteiger partial charge on any atom is -0.479 e. The van der Waals surface area contributed by atoms with Crippen molar-refractivity contribution in [1.29, 1.82) is 0 Å². The Labute approximate surface area is 191 Å². The summed E-state index contributed by atoms with van der Waals surface area (Å²) in [6.45, 7) is 5.86. The molecule has 0 radical (unpaired) electrons. The third-order valence-corrected chi connectivity index (χ3v) is 7.42. The van der Waals surface area contributed by atoms with Crippen molar-refractivity contribution in [3.05, 3.63) is 57.9 Å². The Morgan fingerprint density at radius 1 is 1.18 bits per heavy atom. The number of aromatic nitrogens is 2. The molecule has 1 aliphatic heterocycles. The zero-order chi connectivity index (χ0) is 23.6. The van der Waals surface area contributed by atoms with Crippen LogP contribution in [0.15, 0.2) is 41.3 Å². The maximum atomic E-state index is 13.0. The van der Waals surface area contributed by atoms with E-state index < -0.39 is 14.9 Å². The number of nitrogens with zero attached hydrogens (tertiary/aromatic N) is 4. The van der Waals surface area contributed by atoms with Gasteiger partial charge >= 0.3 is 5.69 Å². The van der Waals surface area contributed by atoms with Gasteiger partial charge in [-0.25, -0.2) is 13.4 Å². The molecule has 11 heteroatoms. The lowest BCUT2D eigenvalue weighted by Crippen LogP contribution is -2.40. The Hall–Kier alpha value is -3.02. The Morgan fingerprint density at radius 3 is 2.64 bits per heavy atom. The molecule has 0 bridgehead atoms. The van der Waals surface area contributed by atoms with E-state index in [2.05, 4.69) is 4.98 Å². The van der Waals surface area contributed by atoms with Gasteiger partial charge in [0.05, 0.1) is 34.1 Å². The number of nitro groups is 1. The first-order chi connectivity index (χ1) is 15.8. The molecule has 33 heavy (non-hydrogen) atoms. The fourth-order valence-corrected chi connectivity index (χ4v) is 5.30. The highest BCUT2D eigenvalue weighted by Crippen LogP contribution is 2.29. The number of fused-ring (bicyclic) bond motifs is 1. The molecule has 10 nitrogen and oxygen atoms in total. The first kappa shape index (κ1) is 23.1. The molecule has 1 aliphatic rings. The molecule has 2 aromatic carbocycles. The third kappa shape index (κ3) is 4.70. The molecule has 3 aromatic rings. The molecule has 0 unspecified atom stereocenters. The van der Waals surface area contributed by atoms with E-state index in [-0.39, 0.29) is 22.9 Å². The van der Waals surface area contributed by atoms with Gasteiger partial charge in [0, 0.05) is 25.7 Å². The second-order valence-corrected chi connectivity index (χ2v) is 9.80. The number of imidazole rings is 1.